The molecule has 2 N–H and O–H groups in total. The molecule has 1 aromatic heterocycles. The van der Waals surface area contributed by atoms with Gasteiger partial charge in [0.15, 0.2) is 5.78 Å². The van der Waals surface area contributed by atoms with Crippen LogP contribution < -0.4 is 5.73 Å². The predicted molar refractivity (Wildman–Crippen MR) is 55.1 cm³/mol. The lowest BCUT2D eigenvalue weighted by Crippen LogP contribution is -2.14. The van der Waals surface area contributed by atoms with Gasteiger partial charge in [0.1, 0.15) is 0 Å². The van der Waals surface area contributed by atoms with Gasteiger partial charge in [0.2, 0.25) is 0 Å². The maximum atomic E-state index is 11.6. The summed E-state index contributed by atoms with van der Waals surface area (Å²) in [5.74, 6) is 0.370. The summed E-state index contributed by atoms with van der Waals surface area (Å²) in [4.78, 5) is 11.6. The second-order valence-corrected chi connectivity index (χ2v) is 3.55. The van der Waals surface area contributed by atoms with E-state index in [1.54, 1.807) is 17.1 Å². The van der Waals surface area contributed by atoms with Gasteiger partial charge in [-0.1, -0.05) is 6.92 Å². The third-order valence-corrected chi connectivity index (χ3v) is 2.22. The van der Waals surface area contributed by atoms with Gasteiger partial charge in [-0.15, -0.1) is 0 Å². The zero-order valence-electron chi connectivity index (χ0n) is 8.73. The number of hydrogen-bond donors (Lipinski definition) is 1. The minimum atomic E-state index is 0.127. The fraction of sp³-hybridized carbons (Fsp3) is 0.600. The van der Waals surface area contributed by atoms with Gasteiger partial charge in [0, 0.05) is 19.2 Å². The third kappa shape index (κ3) is 2.67. The average Bonchev–Trinajstić information content (AvgIpc) is 2.65. The van der Waals surface area contributed by atoms with Crippen LogP contribution in [0.25, 0.3) is 0 Å². The minimum Gasteiger partial charge on any atom is -0.330 e. The Kier molecular flexibility index (Phi) is 3.83. The monoisotopic (exact) mass is 195 g/mol. The van der Waals surface area contributed by atoms with E-state index in [0.29, 0.717) is 18.5 Å². The Morgan fingerprint density at radius 1 is 1.71 bits per heavy atom. The van der Waals surface area contributed by atoms with E-state index in [2.05, 4.69) is 5.10 Å². The molecule has 1 unspecified atom stereocenters. The highest BCUT2D eigenvalue weighted by atomic mass is 16.1. The lowest BCUT2D eigenvalue weighted by molar-refractivity contribution is 0.0966. The first-order valence-electron chi connectivity index (χ1n) is 4.93. The SMILES string of the molecule is CCn1cc(C(=O)CC(C)CN)cn1. The van der Waals surface area contributed by atoms with Gasteiger partial charge in [-0.05, 0) is 19.4 Å². The van der Waals surface area contributed by atoms with Crippen molar-refractivity contribution in [2.45, 2.75) is 26.8 Å². The summed E-state index contributed by atoms with van der Waals surface area (Å²) >= 11 is 0. The van der Waals surface area contributed by atoms with Gasteiger partial charge in [0.25, 0.3) is 0 Å². The molecule has 4 nitrogen and oxygen atoms in total. The van der Waals surface area contributed by atoms with Gasteiger partial charge < -0.3 is 5.73 Å². The van der Waals surface area contributed by atoms with Crippen LogP contribution in [0.5, 0.6) is 0 Å². The number of carbonyl (C=O) groups excluding carboxylic acids is 1. The summed E-state index contributed by atoms with van der Waals surface area (Å²) in [5.41, 5.74) is 6.14. The second kappa shape index (κ2) is 4.91. The lowest BCUT2D eigenvalue weighted by atomic mass is 10.0. The third-order valence-electron chi connectivity index (χ3n) is 2.22. The fourth-order valence-electron chi connectivity index (χ4n) is 1.20. The van der Waals surface area contributed by atoms with Crippen LogP contribution in [0.15, 0.2) is 12.4 Å². The van der Waals surface area contributed by atoms with Crippen LogP contribution in [-0.4, -0.2) is 22.1 Å². The maximum Gasteiger partial charge on any atom is 0.166 e. The normalized spacial score (nSPS) is 12.8. The highest BCUT2D eigenvalue weighted by molar-refractivity contribution is 5.95. The van der Waals surface area contributed by atoms with E-state index in [-0.39, 0.29) is 11.7 Å². The van der Waals surface area contributed by atoms with E-state index in [9.17, 15) is 4.79 Å². The van der Waals surface area contributed by atoms with Crippen LogP contribution in [-0.2, 0) is 6.54 Å². The first kappa shape index (κ1) is 10.9. The van der Waals surface area contributed by atoms with Crippen LogP contribution in [0.1, 0.15) is 30.6 Å². The van der Waals surface area contributed by atoms with Crippen molar-refractivity contribution >= 4 is 5.78 Å². The van der Waals surface area contributed by atoms with Crippen LogP contribution in [0, 0.1) is 5.92 Å². The number of nitrogens with zero attached hydrogens (tertiary/aromatic N) is 2. The highest BCUT2D eigenvalue weighted by Gasteiger charge is 2.11. The van der Waals surface area contributed by atoms with Crippen molar-refractivity contribution in [1.29, 1.82) is 0 Å². The summed E-state index contributed by atoms with van der Waals surface area (Å²) in [5, 5.41) is 4.05. The second-order valence-electron chi connectivity index (χ2n) is 3.55. The zero-order chi connectivity index (χ0) is 10.6. The molecule has 14 heavy (non-hydrogen) atoms. The van der Waals surface area contributed by atoms with Crippen molar-refractivity contribution in [2.24, 2.45) is 11.7 Å². The smallest absolute Gasteiger partial charge is 0.166 e. The molecule has 1 atom stereocenters. The van der Waals surface area contributed by atoms with Crippen molar-refractivity contribution in [3.05, 3.63) is 18.0 Å². The van der Waals surface area contributed by atoms with Gasteiger partial charge in [-0.2, -0.15) is 5.10 Å². The standard InChI is InChI=1S/C10H17N3O/c1-3-13-7-9(6-12-13)10(14)4-8(2)5-11/h6-8H,3-5,11H2,1-2H3. The molecule has 0 aliphatic heterocycles. The van der Waals surface area contributed by atoms with E-state index >= 15 is 0 Å². The van der Waals surface area contributed by atoms with E-state index in [4.69, 9.17) is 5.73 Å². The number of nitrogens with two attached hydrogens (primary N) is 1. The molecule has 0 spiro atoms. The summed E-state index contributed by atoms with van der Waals surface area (Å²) < 4.78 is 1.75. The Bertz CT molecular complexity index is 306. The topological polar surface area (TPSA) is 60.9 Å². The van der Waals surface area contributed by atoms with Gasteiger partial charge in [0.05, 0.1) is 11.8 Å². The molecule has 0 saturated carbocycles. The molecule has 78 valence electrons. The first-order chi connectivity index (χ1) is 6.67. The van der Waals surface area contributed by atoms with E-state index in [1.807, 2.05) is 13.8 Å². The number of carbonyl (C=O) groups is 1. The molecule has 4 heteroatoms. The Morgan fingerprint density at radius 2 is 2.43 bits per heavy atom. The number of hydrogen-bond acceptors (Lipinski definition) is 3. The summed E-state index contributed by atoms with van der Waals surface area (Å²) in [6, 6.07) is 0. The largest absolute Gasteiger partial charge is 0.330 e. The minimum absolute atomic E-state index is 0.127. The summed E-state index contributed by atoms with van der Waals surface area (Å²) in [7, 11) is 0. The van der Waals surface area contributed by atoms with E-state index < -0.39 is 0 Å². The molecule has 0 aliphatic rings. The van der Waals surface area contributed by atoms with Crippen molar-refractivity contribution in [2.75, 3.05) is 6.54 Å². The Labute approximate surface area is 84.1 Å². The fourth-order valence-corrected chi connectivity index (χ4v) is 1.20. The Balaban J connectivity index is 2.60. The van der Waals surface area contributed by atoms with E-state index in [1.165, 1.54) is 0 Å². The molecule has 0 bridgehead atoms. The molecular formula is C10H17N3O. The Hall–Kier alpha value is -1.16. The number of ketones is 1. The van der Waals surface area contributed by atoms with Crippen molar-refractivity contribution < 1.29 is 4.79 Å². The molecule has 1 aromatic rings. The number of aromatic nitrogens is 2. The number of aryl methyl sites for hydroxylation is 1. The molecular weight excluding hydrogens is 178 g/mol. The molecule has 0 saturated heterocycles. The van der Waals surface area contributed by atoms with Gasteiger partial charge >= 0.3 is 0 Å². The molecule has 1 rings (SSSR count). The molecule has 0 radical (unpaired) electrons. The van der Waals surface area contributed by atoms with Gasteiger partial charge in [-0.25, -0.2) is 0 Å². The molecule has 1 heterocycles. The predicted octanol–water partition coefficient (Wildman–Crippen LogP) is 1.07. The molecule has 0 fully saturated rings. The first-order valence-corrected chi connectivity index (χ1v) is 4.93. The lowest BCUT2D eigenvalue weighted by Gasteiger charge is -2.04. The van der Waals surface area contributed by atoms with Gasteiger partial charge in [-0.3, -0.25) is 9.48 Å². The highest BCUT2D eigenvalue weighted by Crippen LogP contribution is 2.08. The van der Waals surface area contributed by atoms with Crippen molar-refractivity contribution in [3.8, 4) is 0 Å². The molecule has 0 amide bonds. The number of Topliss-reactive ketones (excluding diaryl/α,β-unsaturated/α-hetero) is 1. The Morgan fingerprint density at radius 3 is 2.93 bits per heavy atom. The quantitative estimate of drug-likeness (QED) is 0.715. The van der Waals surface area contributed by atoms with Crippen LogP contribution in [0.4, 0.5) is 0 Å². The van der Waals surface area contributed by atoms with Crippen molar-refractivity contribution in [3.63, 3.8) is 0 Å². The maximum absolute atomic E-state index is 11.6. The summed E-state index contributed by atoms with van der Waals surface area (Å²) in [6.07, 6.45) is 3.91. The molecule has 0 aliphatic carbocycles. The van der Waals surface area contributed by atoms with Crippen LogP contribution in [0.2, 0.25) is 0 Å². The molecule has 0 aromatic carbocycles. The summed E-state index contributed by atoms with van der Waals surface area (Å²) in [6.45, 7) is 5.30. The van der Waals surface area contributed by atoms with E-state index in [0.717, 1.165) is 6.54 Å². The van der Waals surface area contributed by atoms with Crippen molar-refractivity contribution in [1.82, 2.24) is 9.78 Å². The van der Waals surface area contributed by atoms with Crippen LogP contribution >= 0.6 is 0 Å². The number of rotatable bonds is 5. The average molecular weight is 195 g/mol. The zero-order valence-corrected chi connectivity index (χ0v) is 8.73. The van der Waals surface area contributed by atoms with Crippen LogP contribution in [0.3, 0.4) is 0 Å².